The van der Waals surface area contributed by atoms with Crippen LogP contribution in [0.1, 0.15) is 61.4 Å². The number of carbonyl (C=O) groups is 2. The Morgan fingerprint density at radius 1 is 1.12 bits per heavy atom. The fraction of sp³-hybridized carbons (Fsp3) is 0.303. The lowest BCUT2D eigenvalue weighted by Crippen LogP contribution is -2.29. The molecule has 1 aromatic heterocycles. The van der Waals surface area contributed by atoms with E-state index >= 15 is 0 Å². The molecule has 0 bridgehead atoms. The molecule has 2 aliphatic rings. The number of thiazole rings is 1. The van der Waals surface area contributed by atoms with E-state index < -0.39 is 17.7 Å². The maximum Gasteiger partial charge on any atom is 0.301 e. The third-order valence-corrected chi connectivity index (χ3v) is 8.56. The SMILES string of the molecule is CCCCCOc1cccc([C@@H]2/C(=C(\O)c3ccc4c(c3)C[C@@H](C)O4)C(=O)C(=O)N2c2nc3ccc(C)cc3s2)c1. The molecule has 0 unspecified atom stereocenters. The van der Waals surface area contributed by atoms with Crippen molar-refractivity contribution < 1.29 is 24.2 Å². The van der Waals surface area contributed by atoms with Crippen LogP contribution in [-0.4, -0.2) is 34.5 Å². The standard InChI is InChI=1S/C33H32N2O5S/c1-4-5-6-14-39-24-9-7-8-21(18-24)29-28(30(36)22-11-13-26-23(17-22)16-20(3)40-26)31(37)32(38)35(29)33-34-25-12-10-19(2)15-27(25)41-33/h7-13,15,17-18,20,29,36H,4-6,14,16H2,1-3H3/b30-28+/t20-,29-/m1/s1. The molecule has 0 spiro atoms. The number of aryl methyl sites for hydroxylation is 1. The molecule has 0 saturated carbocycles. The van der Waals surface area contributed by atoms with Crippen LogP contribution >= 0.6 is 11.3 Å². The molecule has 0 radical (unpaired) electrons. The normalized spacial score (nSPS) is 19.5. The molecule has 7 nitrogen and oxygen atoms in total. The fourth-order valence-electron chi connectivity index (χ4n) is 5.51. The first kappa shape index (κ1) is 27.0. The number of benzene rings is 3. The summed E-state index contributed by atoms with van der Waals surface area (Å²) in [6, 6.07) is 17.8. The molecule has 8 heteroatoms. The molecule has 4 aromatic rings. The molecule has 210 valence electrons. The Balaban J connectivity index is 1.47. The highest BCUT2D eigenvalue weighted by molar-refractivity contribution is 7.22. The minimum absolute atomic E-state index is 0.0282. The number of carbonyl (C=O) groups excluding carboxylic acids is 2. The third kappa shape index (κ3) is 5.08. The van der Waals surface area contributed by atoms with Crippen molar-refractivity contribution in [3.8, 4) is 11.5 Å². The van der Waals surface area contributed by atoms with Gasteiger partial charge in [0.1, 0.15) is 23.4 Å². The predicted octanol–water partition coefficient (Wildman–Crippen LogP) is 7.12. The monoisotopic (exact) mass is 568 g/mol. The van der Waals surface area contributed by atoms with Gasteiger partial charge < -0.3 is 14.6 Å². The summed E-state index contributed by atoms with van der Waals surface area (Å²) in [7, 11) is 0. The summed E-state index contributed by atoms with van der Waals surface area (Å²) in [5.41, 5.74) is 3.94. The number of hydrogen-bond acceptors (Lipinski definition) is 7. The molecule has 1 amide bonds. The van der Waals surface area contributed by atoms with Crippen LogP contribution in [0, 0.1) is 6.92 Å². The van der Waals surface area contributed by atoms with Crippen LogP contribution in [-0.2, 0) is 16.0 Å². The van der Waals surface area contributed by atoms with Crippen LogP contribution in [0.25, 0.3) is 16.0 Å². The van der Waals surface area contributed by atoms with E-state index in [4.69, 9.17) is 14.5 Å². The molecule has 41 heavy (non-hydrogen) atoms. The summed E-state index contributed by atoms with van der Waals surface area (Å²) >= 11 is 1.35. The number of Topliss-reactive ketones (excluding diaryl/α,β-unsaturated/α-hetero) is 1. The Hall–Kier alpha value is -4.17. The van der Waals surface area contributed by atoms with Crippen molar-refractivity contribution in [3.63, 3.8) is 0 Å². The molecule has 1 N–H and O–H groups in total. The van der Waals surface area contributed by atoms with Crippen molar-refractivity contribution in [2.24, 2.45) is 0 Å². The Labute approximate surface area is 243 Å². The lowest BCUT2D eigenvalue weighted by Gasteiger charge is -2.23. The second-order valence-corrected chi connectivity index (χ2v) is 11.7. The van der Waals surface area contributed by atoms with Gasteiger partial charge in [-0.05, 0) is 79.4 Å². The van der Waals surface area contributed by atoms with Crippen LogP contribution in [0.5, 0.6) is 11.5 Å². The number of ether oxygens (including phenoxy) is 2. The highest BCUT2D eigenvalue weighted by Crippen LogP contribution is 2.45. The van der Waals surface area contributed by atoms with E-state index in [9.17, 15) is 14.7 Å². The first-order valence-electron chi connectivity index (χ1n) is 14.0. The molecule has 2 aliphatic heterocycles. The van der Waals surface area contributed by atoms with Gasteiger partial charge in [0.15, 0.2) is 5.13 Å². The maximum absolute atomic E-state index is 13.7. The lowest BCUT2D eigenvalue weighted by molar-refractivity contribution is -0.132. The first-order valence-corrected chi connectivity index (χ1v) is 14.9. The van der Waals surface area contributed by atoms with E-state index in [1.54, 1.807) is 12.1 Å². The quantitative estimate of drug-likeness (QED) is 0.105. The highest BCUT2D eigenvalue weighted by Gasteiger charge is 2.48. The van der Waals surface area contributed by atoms with Crippen LogP contribution in [0.15, 0.2) is 66.2 Å². The van der Waals surface area contributed by atoms with E-state index in [1.165, 1.54) is 16.2 Å². The molecule has 2 atom stereocenters. The van der Waals surface area contributed by atoms with Crippen molar-refractivity contribution >= 4 is 44.1 Å². The van der Waals surface area contributed by atoms with Crippen molar-refractivity contribution in [2.45, 2.75) is 58.6 Å². The molecule has 0 aliphatic carbocycles. The number of unbranched alkanes of at least 4 members (excludes halogenated alkanes) is 2. The average molecular weight is 569 g/mol. The van der Waals surface area contributed by atoms with Crippen molar-refractivity contribution in [3.05, 3.63) is 88.5 Å². The van der Waals surface area contributed by atoms with Gasteiger partial charge in [0.05, 0.1) is 28.4 Å². The number of aromatic nitrogens is 1. The zero-order valence-corrected chi connectivity index (χ0v) is 24.2. The highest BCUT2D eigenvalue weighted by atomic mass is 32.1. The number of anilines is 1. The number of aliphatic hydroxyl groups is 1. The number of ketones is 1. The number of rotatable bonds is 8. The molecular weight excluding hydrogens is 536 g/mol. The number of aliphatic hydroxyl groups excluding tert-OH is 1. The smallest absolute Gasteiger partial charge is 0.301 e. The number of nitrogens with zero attached hydrogens (tertiary/aromatic N) is 2. The van der Waals surface area contributed by atoms with Gasteiger partial charge in [-0.25, -0.2) is 4.98 Å². The van der Waals surface area contributed by atoms with Crippen LogP contribution in [0.4, 0.5) is 5.13 Å². The van der Waals surface area contributed by atoms with Crippen LogP contribution in [0.3, 0.4) is 0 Å². The lowest BCUT2D eigenvalue weighted by atomic mass is 9.94. The van der Waals surface area contributed by atoms with Crippen molar-refractivity contribution in [1.29, 1.82) is 0 Å². The van der Waals surface area contributed by atoms with E-state index in [-0.39, 0.29) is 17.4 Å². The van der Waals surface area contributed by atoms with E-state index in [0.29, 0.717) is 35.0 Å². The Morgan fingerprint density at radius 2 is 1.98 bits per heavy atom. The van der Waals surface area contributed by atoms with E-state index in [0.717, 1.165) is 46.4 Å². The Kier molecular flexibility index (Phi) is 7.26. The molecule has 3 aromatic carbocycles. The summed E-state index contributed by atoms with van der Waals surface area (Å²) in [6.45, 7) is 6.70. The van der Waals surface area contributed by atoms with Gasteiger partial charge in [-0.2, -0.15) is 0 Å². The van der Waals surface area contributed by atoms with Crippen LogP contribution < -0.4 is 14.4 Å². The zero-order chi connectivity index (χ0) is 28.7. The number of amides is 1. The van der Waals surface area contributed by atoms with Gasteiger partial charge in [0.2, 0.25) is 0 Å². The van der Waals surface area contributed by atoms with Crippen LogP contribution in [0.2, 0.25) is 0 Å². The largest absolute Gasteiger partial charge is 0.507 e. The first-order chi connectivity index (χ1) is 19.8. The zero-order valence-electron chi connectivity index (χ0n) is 23.3. The van der Waals surface area contributed by atoms with E-state index in [1.807, 2.05) is 62.4 Å². The second-order valence-electron chi connectivity index (χ2n) is 10.7. The second kappa shape index (κ2) is 11.0. The Morgan fingerprint density at radius 3 is 2.80 bits per heavy atom. The minimum atomic E-state index is -0.876. The maximum atomic E-state index is 13.7. The molecule has 1 saturated heterocycles. The fourth-order valence-corrected chi connectivity index (χ4v) is 6.60. The van der Waals surface area contributed by atoms with Crippen molar-refractivity contribution in [1.82, 2.24) is 4.98 Å². The molecular formula is C33H32N2O5S. The molecule has 1 fully saturated rings. The van der Waals surface area contributed by atoms with Gasteiger partial charge >= 0.3 is 5.91 Å². The summed E-state index contributed by atoms with van der Waals surface area (Å²) in [6.07, 6.45) is 3.84. The summed E-state index contributed by atoms with van der Waals surface area (Å²) in [5, 5.41) is 12.0. The summed E-state index contributed by atoms with van der Waals surface area (Å²) < 4.78 is 12.7. The van der Waals surface area contributed by atoms with Gasteiger partial charge in [-0.3, -0.25) is 14.5 Å². The minimum Gasteiger partial charge on any atom is -0.507 e. The summed E-state index contributed by atoms with van der Waals surface area (Å²) in [5.74, 6) is -0.275. The molecule has 3 heterocycles. The summed E-state index contributed by atoms with van der Waals surface area (Å²) in [4.78, 5) is 33.5. The number of hydrogen-bond donors (Lipinski definition) is 1. The van der Waals surface area contributed by atoms with Gasteiger partial charge in [-0.15, -0.1) is 0 Å². The van der Waals surface area contributed by atoms with Crippen molar-refractivity contribution in [2.75, 3.05) is 11.5 Å². The Bertz CT molecular complexity index is 1690. The third-order valence-electron chi connectivity index (χ3n) is 7.54. The average Bonchev–Trinajstić information content (AvgIpc) is 3.62. The topological polar surface area (TPSA) is 89.0 Å². The van der Waals surface area contributed by atoms with Gasteiger partial charge in [-0.1, -0.05) is 49.3 Å². The predicted molar refractivity (Wildman–Crippen MR) is 161 cm³/mol. The van der Waals surface area contributed by atoms with Gasteiger partial charge in [0.25, 0.3) is 5.78 Å². The van der Waals surface area contributed by atoms with Gasteiger partial charge in [0, 0.05) is 12.0 Å². The molecule has 6 rings (SSSR count). The number of fused-ring (bicyclic) bond motifs is 2. The van der Waals surface area contributed by atoms with E-state index in [2.05, 4.69) is 6.92 Å².